The summed E-state index contributed by atoms with van der Waals surface area (Å²) in [5.74, 6) is -1.68. The molecule has 69 heavy (non-hydrogen) atoms. The highest BCUT2D eigenvalue weighted by atomic mass is 32.1. The molecule has 5 rings (SSSR count). The van der Waals surface area contributed by atoms with Gasteiger partial charge in [-0.3, -0.25) is 19.2 Å². The number of carbonyl (C=O) groups is 4. The molecule has 2 fully saturated rings. The van der Waals surface area contributed by atoms with Gasteiger partial charge >= 0.3 is 0 Å². The minimum absolute atomic E-state index is 0.0179. The van der Waals surface area contributed by atoms with Crippen LogP contribution in [0.25, 0.3) is 10.4 Å². The molecule has 1 aliphatic carbocycles. The number of aliphatic hydroxyl groups is 1. The predicted molar refractivity (Wildman–Crippen MR) is 259 cm³/mol. The van der Waals surface area contributed by atoms with Gasteiger partial charge in [0.05, 0.1) is 81.1 Å². The first-order valence-corrected chi connectivity index (χ1v) is 24.8. The van der Waals surface area contributed by atoms with Crippen LogP contribution < -0.4 is 26.8 Å². The van der Waals surface area contributed by atoms with E-state index in [-0.39, 0.29) is 70.0 Å². The molecule has 17 nitrogen and oxygen atoms in total. The third-order valence-electron chi connectivity index (χ3n) is 12.1. The Kier molecular flexibility index (Phi) is 21.8. The van der Waals surface area contributed by atoms with E-state index in [0.29, 0.717) is 70.6 Å². The molecule has 3 aromatic rings. The maximum atomic E-state index is 14.6. The normalized spacial score (nSPS) is 17.8. The third-order valence-corrected chi connectivity index (χ3v) is 13.1. The average Bonchev–Trinajstić information content (AvgIpc) is 3.72. The van der Waals surface area contributed by atoms with Crippen LogP contribution in [-0.4, -0.2) is 141 Å². The molecule has 19 heteroatoms. The third kappa shape index (κ3) is 17.9. The molecule has 1 aromatic heterocycles. The van der Waals surface area contributed by atoms with Gasteiger partial charge in [0.25, 0.3) is 5.91 Å². The monoisotopic (exact) mass is 985 g/mol. The van der Waals surface area contributed by atoms with Gasteiger partial charge in [-0.1, -0.05) is 57.2 Å². The fourth-order valence-electron chi connectivity index (χ4n) is 7.62. The number of aliphatic hydroxyl groups excluding tert-OH is 1. The molecule has 2 aromatic carbocycles. The summed E-state index contributed by atoms with van der Waals surface area (Å²) in [4.78, 5) is 57.9. The summed E-state index contributed by atoms with van der Waals surface area (Å²) < 4.78 is 49.4. The summed E-state index contributed by atoms with van der Waals surface area (Å²) in [5.41, 5.74) is 15.1. The molecule has 1 aliphatic heterocycles. The number of hydrogen-bond acceptors (Lipinski definition) is 14. The zero-order valence-corrected chi connectivity index (χ0v) is 41.6. The van der Waals surface area contributed by atoms with Crippen LogP contribution in [0.2, 0.25) is 0 Å². The second-order valence-corrected chi connectivity index (χ2v) is 19.7. The Bertz CT molecular complexity index is 2100. The van der Waals surface area contributed by atoms with Gasteiger partial charge in [-0.2, -0.15) is 0 Å². The lowest BCUT2D eigenvalue weighted by Crippen LogP contribution is -2.59. The van der Waals surface area contributed by atoms with Crippen LogP contribution >= 0.6 is 11.3 Å². The topological polar surface area (TPSA) is 236 Å². The number of benzene rings is 2. The summed E-state index contributed by atoms with van der Waals surface area (Å²) in [6.45, 7) is 13.2. The number of aromatic nitrogens is 1. The molecule has 382 valence electrons. The molecule has 7 N–H and O–H groups in total. The molecule has 2 aliphatic rings. The Morgan fingerprint density at radius 1 is 0.942 bits per heavy atom. The van der Waals surface area contributed by atoms with Crippen LogP contribution in [0.1, 0.15) is 88.6 Å². The van der Waals surface area contributed by atoms with E-state index in [0.717, 1.165) is 34.5 Å². The largest absolute Gasteiger partial charge is 0.491 e. The van der Waals surface area contributed by atoms with Gasteiger partial charge in [-0.25, -0.2) is 9.37 Å². The molecular weight excluding hydrogens is 912 g/mol. The number of nitrogens with two attached hydrogens (primary N) is 2. The minimum atomic E-state index is -1.97. The van der Waals surface area contributed by atoms with Gasteiger partial charge in [-0.05, 0) is 74.1 Å². The second kappa shape index (κ2) is 27.1. The number of primary amides is 1. The highest BCUT2D eigenvalue weighted by Gasteiger charge is 2.53. The number of ether oxygens (including phenoxy) is 6. The highest BCUT2D eigenvalue weighted by molar-refractivity contribution is 7.13. The summed E-state index contributed by atoms with van der Waals surface area (Å²) >= 11 is 1.51. The molecule has 0 spiro atoms. The van der Waals surface area contributed by atoms with Crippen LogP contribution in [-0.2, 0) is 62.4 Å². The van der Waals surface area contributed by atoms with E-state index in [1.54, 1.807) is 26.3 Å². The van der Waals surface area contributed by atoms with Gasteiger partial charge in [-0.15, -0.1) is 11.3 Å². The summed E-state index contributed by atoms with van der Waals surface area (Å²) in [6.07, 6.45) is 1.63. The van der Waals surface area contributed by atoms with Gasteiger partial charge in [0.15, 0.2) is 5.67 Å². The molecule has 4 amide bonds. The SMILES string of the molecule is Cc1ncsc1-c1ccc(CNC(=O)[C@@H]2C[C@@H](O)CN2C(=O)[C@@H](NC(=O)C2(F)CC2)C(C)(C)C)c(OCCOCCOCCOCCOCCCc2ccc(CO[C@H](C)[C@@H](N)CCC(N)=O)cc2)c1. The number of rotatable bonds is 31. The number of aryl methyl sites for hydroxylation is 2. The summed E-state index contributed by atoms with van der Waals surface area (Å²) in [6, 6.07) is 11.6. The fraction of sp³-hybridized carbons (Fsp3) is 0.620. The number of amides is 4. The summed E-state index contributed by atoms with van der Waals surface area (Å²) in [5, 5.41) is 16.1. The van der Waals surface area contributed by atoms with E-state index in [4.69, 9.17) is 39.9 Å². The number of alkyl halides is 1. The zero-order valence-electron chi connectivity index (χ0n) is 40.8. The maximum absolute atomic E-state index is 14.6. The molecule has 0 radical (unpaired) electrons. The number of β-amino-alcohol motifs (C(OH)–C–C–N with tert-alkyl or cyclic N) is 1. The Morgan fingerprint density at radius 2 is 1.57 bits per heavy atom. The van der Waals surface area contributed by atoms with Crippen molar-refractivity contribution < 1.29 is 57.1 Å². The number of thiazole rings is 1. The molecule has 0 unspecified atom stereocenters. The first-order valence-electron chi connectivity index (χ1n) is 23.9. The first kappa shape index (κ1) is 55.3. The van der Waals surface area contributed by atoms with Crippen molar-refractivity contribution in [2.75, 3.05) is 66.0 Å². The second-order valence-electron chi connectivity index (χ2n) is 18.8. The van der Waals surface area contributed by atoms with Crippen LogP contribution in [0.3, 0.4) is 0 Å². The van der Waals surface area contributed by atoms with Crippen molar-refractivity contribution in [3.63, 3.8) is 0 Å². The minimum Gasteiger partial charge on any atom is -0.491 e. The average molecular weight is 985 g/mol. The van der Waals surface area contributed by atoms with Crippen molar-refractivity contribution in [2.24, 2.45) is 16.9 Å². The molecule has 2 heterocycles. The standard InChI is InChI=1S/C50H73FN6O11S/c1-33-44(69-32-55-33)37-12-13-38(29-54-46(60)41-28-39(58)30-57(41)47(61)45(49(3,4)5)56-48(62)50(51)16-17-50)42(27-37)67-26-25-66-24-23-65-22-21-64-20-19-63-18-6-7-35-8-10-36(11-9-35)31-68-34(2)40(52)14-15-43(53)59/h8-13,27,32,34,39-41,45,58H,6-7,14-26,28-31,52H2,1-5H3,(H2,53,59)(H,54,60)(H,56,62)/t34-,39-,40+,41+,45-/m1/s1. The van der Waals surface area contributed by atoms with Crippen molar-refractivity contribution in [2.45, 2.75) is 129 Å². The maximum Gasteiger partial charge on any atom is 0.258 e. The molecule has 5 atom stereocenters. The van der Waals surface area contributed by atoms with Crippen LogP contribution in [0.4, 0.5) is 4.39 Å². The van der Waals surface area contributed by atoms with Crippen molar-refractivity contribution >= 4 is 35.0 Å². The fourth-order valence-corrected chi connectivity index (χ4v) is 8.42. The Morgan fingerprint density at radius 3 is 2.16 bits per heavy atom. The summed E-state index contributed by atoms with van der Waals surface area (Å²) in [7, 11) is 0. The van der Waals surface area contributed by atoms with Gasteiger partial charge in [0, 0.05) is 44.1 Å². The Balaban J connectivity index is 0.952. The predicted octanol–water partition coefficient (Wildman–Crippen LogP) is 4.31. The highest BCUT2D eigenvalue weighted by Crippen LogP contribution is 2.40. The van der Waals surface area contributed by atoms with E-state index in [1.165, 1.54) is 21.8 Å². The van der Waals surface area contributed by atoms with Crippen LogP contribution in [0, 0.1) is 12.3 Å². The van der Waals surface area contributed by atoms with Crippen molar-refractivity contribution in [1.82, 2.24) is 20.5 Å². The van der Waals surface area contributed by atoms with Crippen LogP contribution in [0.15, 0.2) is 48.0 Å². The lowest BCUT2D eigenvalue weighted by molar-refractivity contribution is -0.145. The van der Waals surface area contributed by atoms with Crippen molar-refractivity contribution in [3.05, 3.63) is 70.4 Å². The van der Waals surface area contributed by atoms with Gasteiger partial charge in [0.1, 0.15) is 24.4 Å². The van der Waals surface area contributed by atoms with Crippen molar-refractivity contribution in [3.8, 4) is 16.2 Å². The molecule has 1 saturated heterocycles. The Labute approximate surface area is 409 Å². The zero-order chi connectivity index (χ0) is 50.0. The quantitative estimate of drug-likeness (QED) is 0.0567. The van der Waals surface area contributed by atoms with Gasteiger partial charge < -0.3 is 60.5 Å². The lowest BCUT2D eigenvalue weighted by atomic mass is 9.85. The molecule has 0 bridgehead atoms. The van der Waals surface area contributed by atoms with E-state index < -0.39 is 47.0 Å². The number of likely N-dealkylation sites (tertiary alicyclic amines) is 1. The Hall–Kier alpha value is -4.60. The van der Waals surface area contributed by atoms with E-state index in [2.05, 4.69) is 27.8 Å². The lowest BCUT2D eigenvalue weighted by Gasteiger charge is -2.35. The van der Waals surface area contributed by atoms with Crippen molar-refractivity contribution in [1.29, 1.82) is 0 Å². The van der Waals surface area contributed by atoms with Gasteiger partial charge in [0.2, 0.25) is 17.7 Å². The smallest absolute Gasteiger partial charge is 0.258 e. The van der Waals surface area contributed by atoms with E-state index >= 15 is 0 Å². The number of hydrogen-bond donors (Lipinski definition) is 5. The molecular formula is C50H73FN6O11S. The van der Waals surface area contributed by atoms with E-state index in [1.807, 2.05) is 44.2 Å². The van der Waals surface area contributed by atoms with Crippen LogP contribution in [0.5, 0.6) is 5.75 Å². The first-order chi connectivity index (χ1) is 32.9. The number of nitrogens with zero attached hydrogens (tertiary/aromatic N) is 2. The number of carbonyl (C=O) groups excluding carboxylic acids is 4. The number of halogens is 1. The van der Waals surface area contributed by atoms with E-state index in [9.17, 15) is 28.7 Å². The molecule has 1 saturated carbocycles. The number of nitrogens with one attached hydrogen (secondary N) is 2.